The number of anilines is 2. The van der Waals surface area contributed by atoms with Gasteiger partial charge in [0.05, 0.1) is 42.0 Å². The van der Waals surface area contributed by atoms with Crippen molar-refractivity contribution >= 4 is 28.2 Å². The summed E-state index contributed by atoms with van der Waals surface area (Å²) < 4.78 is 47.1. The fourth-order valence-electron chi connectivity index (χ4n) is 5.38. The van der Waals surface area contributed by atoms with E-state index in [4.69, 9.17) is 4.74 Å². The summed E-state index contributed by atoms with van der Waals surface area (Å²) in [6.45, 7) is 9.87. The lowest BCUT2D eigenvalue weighted by Gasteiger charge is -2.35. The molecule has 5 rings (SSSR count). The first kappa shape index (κ1) is 26.4. The topological polar surface area (TPSA) is 70.6 Å². The number of nitrogens with zero attached hydrogens (tertiary/aromatic N) is 4. The molecule has 1 N–H and O–H groups in total. The first-order valence-corrected chi connectivity index (χ1v) is 12.7. The fourth-order valence-corrected chi connectivity index (χ4v) is 5.38. The molecule has 0 saturated carbocycles. The Labute approximate surface area is 220 Å². The molecule has 1 aromatic heterocycles. The van der Waals surface area contributed by atoms with E-state index >= 15 is 0 Å². The number of aromatic nitrogens is 2. The molecule has 202 valence electrons. The first-order chi connectivity index (χ1) is 18.0. The smallest absolute Gasteiger partial charge is 0.266 e. The fraction of sp³-hybridized carbons (Fsp3) is 0.464. The summed E-state index contributed by atoms with van der Waals surface area (Å²) in [6.07, 6.45) is -2.91. The number of amides is 1. The Morgan fingerprint density at radius 3 is 2.63 bits per heavy atom. The highest BCUT2D eigenvalue weighted by molar-refractivity contribution is 6.11. The molecular weight excluding hydrogens is 495 g/mol. The molecule has 0 spiro atoms. The van der Waals surface area contributed by atoms with Crippen LogP contribution in [-0.2, 0) is 14.9 Å². The summed E-state index contributed by atoms with van der Waals surface area (Å²) in [5.41, 5.74) is 1.13. The summed E-state index contributed by atoms with van der Waals surface area (Å²) in [7, 11) is 2.03. The SMILES string of the molecule is Cc1nnc(NC(C)c2cccc(C(F)F)c2F)c2cc3c(cc12)C(C)(C)C(=O)N3CC1COCCN1C. The van der Waals surface area contributed by atoms with E-state index < -0.39 is 29.3 Å². The minimum absolute atomic E-state index is 0.00844. The molecule has 3 heterocycles. The normalized spacial score (nSPS) is 20.3. The van der Waals surface area contributed by atoms with Gasteiger partial charge < -0.3 is 15.0 Å². The maximum absolute atomic E-state index is 14.9. The Balaban J connectivity index is 1.56. The first-order valence-electron chi connectivity index (χ1n) is 12.7. The molecule has 38 heavy (non-hydrogen) atoms. The van der Waals surface area contributed by atoms with Crippen molar-refractivity contribution < 1.29 is 22.7 Å². The van der Waals surface area contributed by atoms with Crippen LogP contribution in [0.1, 0.15) is 55.6 Å². The number of hydrogen-bond donors (Lipinski definition) is 1. The molecule has 7 nitrogen and oxygen atoms in total. The van der Waals surface area contributed by atoms with Gasteiger partial charge in [0, 0.05) is 35.1 Å². The van der Waals surface area contributed by atoms with Crippen LogP contribution in [0.5, 0.6) is 0 Å². The molecule has 0 radical (unpaired) electrons. The number of likely N-dealkylation sites (N-methyl/N-ethyl adjacent to an activating group) is 1. The van der Waals surface area contributed by atoms with Gasteiger partial charge in [-0.05, 0) is 52.4 Å². The molecule has 2 unspecified atom stereocenters. The summed E-state index contributed by atoms with van der Waals surface area (Å²) in [5.74, 6) is -0.544. The molecule has 0 bridgehead atoms. The zero-order chi connectivity index (χ0) is 27.4. The molecule has 2 aliphatic heterocycles. The number of fused-ring (bicyclic) bond motifs is 2. The predicted octanol–water partition coefficient (Wildman–Crippen LogP) is 5.14. The van der Waals surface area contributed by atoms with Crippen LogP contribution in [0.15, 0.2) is 30.3 Å². The van der Waals surface area contributed by atoms with Crippen LogP contribution in [0.3, 0.4) is 0 Å². The number of benzene rings is 2. The highest BCUT2D eigenvalue weighted by Crippen LogP contribution is 2.45. The number of aryl methyl sites for hydroxylation is 1. The lowest BCUT2D eigenvalue weighted by Crippen LogP contribution is -2.51. The van der Waals surface area contributed by atoms with Crippen LogP contribution < -0.4 is 10.2 Å². The molecule has 2 atom stereocenters. The van der Waals surface area contributed by atoms with E-state index in [0.29, 0.717) is 31.3 Å². The monoisotopic (exact) mass is 527 g/mol. The lowest BCUT2D eigenvalue weighted by atomic mass is 9.85. The van der Waals surface area contributed by atoms with Gasteiger partial charge in [0.25, 0.3) is 6.43 Å². The summed E-state index contributed by atoms with van der Waals surface area (Å²) in [6, 6.07) is 7.30. The van der Waals surface area contributed by atoms with E-state index in [9.17, 15) is 18.0 Å². The van der Waals surface area contributed by atoms with Gasteiger partial charge in [0.15, 0.2) is 5.82 Å². The van der Waals surface area contributed by atoms with Gasteiger partial charge >= 0.3 is 0 Å². The van der Waals surface area contributed by atoms with E-state index in [-0.39, 0.29) is 17.5 Å². The molecule has 3 aromatic rings. The molecule has 2 aromatic carbocycles. The van der Waals surface area contributed by atoms with E-state index in [2.05, 4.69) is 20.4 Å². The van der Waals surface area contributed by atoms with Crippen LogP contribution in [0.2, 0.25) is 0 Å². The van der Waals surface area contributed by atoms with Crippen molar-refractivity contribution in [2.24, 2.45) is 0 Å². The molecule has 10 heteroatoms. The third-order valence-corrected chi connectivity index (χ3v) is 7.85. The highest BCUT2D eigenvalue weighted by atomic mass is 19.3. The van der Waals surface area contributed by atoms with Crippen molar-refractivity contribution in [1.29, 1.82) is 0 Å². The van der Waals surface area contributed by atoms with Gasteiger partial charge in [-0.3, -0.25) is 9.69 Å². The van der Waals surface area contributed by atoms with Gasteiger partial charge in [-0.2, -0.15) is 5.10 Å². The van der Waals surface area contributed by atoms with E-state index in [1.807, 2.05) is 44.9 Å². The standard InChI is InChI=1S/C28H32F3N5O2/c1-15(18-7-6-8-19(24(18)29)25(30)31)32-26-21-12-23-22(11-20(21)16(2)33-34-26)28(3,4)27(37)36(23)13-17-14-38-10-9-35(17)5/h6-8,11-12,15,17,25H,9-10,13-14H2,1-5H3,(H,32,34). The Hall–Kier alpha value is -3.24. The minimum Gasteiger partial charge on any atom is -0.378 e. The van der Waals surface area contributed by atoms with Crippen molar-refractivity contribution in [3.05, 3.63) is 58.5 Å². The molecule has 1 saturated heterocycles. The van der Waals surface area contributed by atoms with Crippen LogP contribution in [0, 0.1) is 12.7 Å². The number of alkyl halides is 2. The van der Waals surface area contributed by atoms with Crippen LogP contribution in [0.4, 0.5) is 24.7 Å². The Morgan fingerprint density at radius 1 is 1.18 bits per heavy atom. The minimum atomic E-state index is -2.91. The Morgan fingerprint density at radius 2 is 1.92 bits per heavy atom. The number of morpholine rings is 1. The van der Waals surface area contributed by atoms with Gasteiger partial charge in [0.2, 0.25) is 5.91 Å². The zero-order valence-corrected chi connectivity index (χ0v) is 22.2. The number of ether oxygens (including phenoxy) is 1. The number of hydrogen-bond acceptors (Lipinski definition) is 6. The summed E-state index contributed by atoms with van der Waals surface area (Å²) >= 11 is 0. The van der Waals surface area contributed by atoms with Crippen molar-refractivity contribution in [2.45, 2.75) is 51.6 Å². The second-order valence-corrected chi connectivity index (χ2v) is 10.7. The average molecular weight is 528 g/mol. The average Bonchev–Trinajstić information content (AvgIpc) is 3.06. The molecule has 1 amide bonds. The third-order valence-electron chi connectivity index (χ3n) is 7.85. The van der Waals surface area contributed by atoms with Crippen LogP contribution in [-0.4, -0.2) is 60.4 Å². The number of nitrogens with one attached hydrogen (secondary N) is 1. The van der Waals surface area contributed by atoms with Crippen molar-refractivity contribution in [3.8, 4) is 0 Å². The van der Waals surface area contributed by atoms with Gasteiger partial charge in [-0.15, -0.1) is 5.10 Å². The number of carbonyl (C=O) groups excluding carboxylic acids is 1. The lowest BCUT2D eigenvalue weighted by molar-refractivity contribution is -0.122. The zero-order valence-electron chi connectivity index (χ0n) is 22.2. The van der Waals surface area contributed by atoms with E-state index in [1.54, 1.807) is 6.92 Å². The molecule has 2 aliphatic rings. The second kappa shape index (κ2) is 9.81. The maximum atomic E-state index is 14.9. The van der Waals surface area contributed by atoms with Gasteiger partial charge in [-0.1, -0.05) is 18.2 Å². The third kappa shape index (κ3) is 4.39. The van der Waals surface area contributed by atoms with Gasteiger partial charge in [0.1, 0.15) is 5.82 Å². The predicted molar refractivity (Wildman–Crippen MR) is 140 cm³/mol. The highest BCUT2D eigenvalue weighted by Gasteiger charge is 2.45. The van der Waals surface area contributed by atoms with Crippen molar-refractivity contribution in [2.75, 3.05) is 43.6 Å². The van der Waals surface area contributed by atoms with Crippen LogP contribution >= 0.6 is 0 Å². The molecular formula is C28H32F3N5O2. The van der Waals surface area contributed by atoms with Crippen LogP contribution in [0.25, 0.3) is 10.8 Å². The number of rotatable bonds is 6. The number of carbonyl (C=O) groups is 1. The summed E-state index contributed by atoms with van der Waals surface area (Å²) in [5, 5.41) is 13.3. The number of halogens is 3. The quantitative estimate of drug-likeness (QED) is 0.479. The van der Waals surface area contributed by atoms with Crippen molar-refractivity contribution in [3.63, 3.8) is 0 Å². The maximum Gasteiger partial charge on any atom is 0.266 e. The second-order valence-electron chi connectivity index (χ2n) is 10.7. The van der Waals surface area contributed by atoms with Crippen molar-refractivity contribution in [1.82, 2.24) is 15.1 Å². The van der Waals surface area contributed by atoms with E-state index in [1.165, 1.54) is 12.1 Å². The molecule has 1 fully saturated rings. The van der Waals surface area contributed by atoms with Gasteiger partial charge in [-0.25, -0.2) is 13.2 Å². The Bertz CT molecular complexity index is 1400. The summed E-state index contributed by atoms with van der Waals surface area (Å²) in [4.78, 5) is 17.6. The Kier molecular flexibility index (Phi) is 6.81. The van der Waals surface area contributed by atoms with E-state index in [0.717, 1.165) is 34.6 Å². The largest absolute Gasteiger partial charge is 0.378 e. The molecule has 0 aliphatic carbocycles.